The molecule has 0 fully saturated rings. The monoisotopic (exact) mass is 540 g/mol. The number of allylic oxidation sites excluding steroid dienone is 4. The number of hydrogen-bond acceptors (Lipinski definition) is 0. The standard InChI is InChI=1S/C14H23Si.3C7H7.Ti/c1-11-9-12(10-15(2,3)4)14-8-6-5-7-13(11)14;3*1-7-5-3-2-4-6-7;/h12H,5-8,10H2,1-4H3;3*2-6H,1H2;/q4*-1;+4. The molecule has 0 saturated carbocycles. The summed E-state index contributed by atoms with van der Waals surface area (Å²) in [5, 5.41) is 0. The number of hydrogen-bond donors (Lipinski definition) is 0. The summed E-state index contributed by atoms with van der Waals surface area (Å²) in [5.41, 5.74) is 8.14. The molecule has 3 aromatic carbocycles. The zero-order chi connectivity index (χ0) is 26.4. The van der Waals surface area contributed by atoms with Gasteiger partial charge in [0.15, 0.2) is 0 Å². The third-order valence-electron chi connectivity index (χ3n) is 6.12. The first kappa shape index (κ1) is 32.7. The van der Waals surface area contributed by atoms with Crippen molar-refractivity contribution in [3.63, 3.8) is 0 Å². The van der Waals surface area contributed by atoms with Gasteiger partial charge in [0.2, 0.25) is 0 Å². The van der Waals surface area contributed by atoms with Crippen LogP contribution in [0.25, 0.3) is 0 Å². The van der Waals surface area contributed by atoms with E-state index < -0.39 is 8.07 Å². The molecule has 0 amide bonds. The molecule has 0 radical (unpaired) electrons. The van der Waals surface area contributed by atoms with Crippen LogP contribution in [-0.4, -0.2) is 8.07 Å². The Kier molecular flexibility index (Phi) is 15.2. The van der Waals surface area contributed by atoms with E-state index in [0.717, 1.165) is 16.7 Å². The Morgan fingerprint density at radius 1 is 0.676 bits per heavy atom. The summed E-state index contributed by atoms with van der Waals surface area (Å²) in [6.45, 7) is 20.9. The molecule has 5 rings (SSSR count). The smallest absolute Gasteiger partial charge is 0.266 e. The first-order valence-electron chi connectivity index (χ1n) is 13.1. The largest absolute Gasteiger partial charge is 4.00 e. The molecule has 0 nitrogen and oxygen atoms in total. The van der Waals surface area contributed by atoms with E-state index in [-0.39, 0.29) is 21.7 Å². The molecule has 37 heavy (non-hydrogen) atoms. The van der Waals surface area contributed by atoms with E-state index in [1.807, 2.05) is 91.0 Å². The van der Waals surface area contributed by atoms with E-state index in [0.29, 0.717) is 5.92 Å². The Balaban J connectivity index is 0.000000264. The minimum atomic E-state index is -0.938. The second-order valence-corrected chi connectivity index (χ2v) is 16.3. The van der Waals surface area contributed by atoms with Crippen molar-refractivity contribution in [1.29, 1.82) is 0 Å². The Hall–Kier alpha value is -2.32. The van der Waals surface area contributed by atoms with Crippen LogP contribution in [0.15, 0.2) is 108 Å². The third-order valence-corrected chi connectivity index (χ3v) is 7.75. The van der Waals surface area contributed by atoms with Crippen LogP contribution < -0.4 is 0 Å². The molecular weight excluding hydrogens is 496 g/mol. The summed E-state index contributed by atoms with van der Waals surface area (Å²) >= 11 is 0. The fourth-order valence-electron chi connectivity index (χ4n) is 4.40. The second-order valence-electron chi connectivity index (χ2n) is 10.8. The molecule has 0 aliphatic heterocycles. The average molecular weight is 541 g/mol. The van der Waals surface area contributed by atoms with Crippen molar-refractivity contribution >= 4 is 8.07 Å². The molecule has 3 aromatic rings. The van der Waals surface area contributed by atoms with Gasteiger partial charge in [-0.15, -0.1) is 36.4 Å². The Morgan fingerprint density at radius 2 is 1.05 bits per heavy atom. The summed E-state index contributed by atoms with van der Waals surface area (Å²) in [5.74, 6) is 0.701. The SMILES string of the molecule is CC1=[C-]C(C[Si](C)(C)C)C2=C1CCCC2.[CH2-]c1ccccc1.[CH2-]c1ccccc1.[CH2-]c1ccccc1.[Ti+4]. The average Bonchev–Trinajstić information content (AvgIpc) is 3.16. The maximum Gasteiger partial charge on any atom is 4.00 e. The summed E-state index contributed by atoms with van der Waals surface area (Å²) in [7, 11) is -0.938. The van der Waals surface area contributed by atoms with Gasteiger partial charge in [-0.05, 0) is 6.42 Å². The molecule has 2 heteroatoms. The van der Waals surface area contributed by atoms with Crippen LogP contribution in [-0.2, 0) is 21.7 Å². The molecule has 0 spiro atoms. The zero-order valence-corrected chi connectivity index (χ0v) is 26.0. The zero-order valence-electron chi connectivity index (χ0n) is 23.4. The second kappa shape index (κ2) is 17.2. The molecule has 192 valence electrons. The van der Waals surface area contributed by atoms with Gasteiger partial charge >= 0.3 is 21.7 Å². The van der Waals surface area contributed by atoms with Crippen molar-refractivity contribution in [2.24, 2.45) is 5.92 Å². The summed E-state index contributed by atoms with van der Waals surface area (Å²) in [6.07, 6.45) is 9.23. The maximum atomic E-state index is 3.73. The van der Waals surface area contributed by atoms with Crippen molar-refractivity contribution in [2.45, 2.75) is 58.3 Å². The number of benzene rings is 3. The van der Waals surface area contributed by atoms with Gasteiger partial charge in [-0.25, -0.2) is 5.57 Å². The van der Waals surface area contributed by atoms with Gasteiger partial charge < -0.3 is 0 Å². The van der Waals surface area contributed by atoms with Gasteiger partial charge in [-0.3, -0.25) is 6.08 Å². The fraction of sp³-hybridized carbons (Fsp3) is 0.286. The predicted octanol–water partition coefficient (Wildman–Crippen LogP) is 10.2. The molecule has 1 atom stereocenters. The van der Waals surface area contributed by atoms with E-state index in [1.54, 1.807) is 11.1 Å². The predicted molar refractivity (Wildman–Crippen MR) is 162 cm³/mol. The Labute approximate surface area is 244 Å². The molecule has 0 aromatic heterocycles. The van der Waals surface area contributed by atoms with Crippen molar-refractivity contribution < 1.29 is 21.7 Å². The minimum absolute atomic E-state index is 0. The van der Waals surface area contributed by atoms with Crippen LogP contribution in [0.2, 0.25) is 25.7 Å². The molecule has 0 bridgehead atoms. The normalized spacial score (nSPS) is 15.7. The van der Waals surface area contributed by atoms with Gasteiger partial charge in [-0.1, -0.05) is 76.0 Å². The first-order valence-corrected chi connectivity index (χ1v) is 16.8. The van der Waals surface area contributed by atoms with E-state index in [2.05, 4.69) is 53.4 Å². The molecule has 2 aliphatic rings. The third kappa shape index (κ3) is 13.7. The van der Waals surface area contributed by atoms with Gasteiger partial charge in [0.1, 0.15) is 0 Å². The topological polar surface area (TPSA) is 0 Å². The Morgan fingerprint density at radius 3 is 1.38 bits per heavy atom. The van der Waals surface area contributed by atoms with Crippen LogP contribution in [0.5, 0.6) is 0 Å². The van der Waals surface area contributed by atoms with Crippen LogP contribution >= 0.6 is 0 Å². The van der Waals surface area contributed by atoms with E-state index in [9.17, 15) is 0 Å². The molecule has 2 aliphatic carbocycles. The van der Waals surface area contributed by atoms with Gasteiger partial charge in [0, 0.05) is 8.07 Å². The summed E-state index contributed by atoms with van der Waals surface area (Å²) < 4.78 is 0. The molecule has 0 heterocycles. The van der Waals surface area contributed by atoms with Crippen molar-refractivity contribution in [2.75, 3.05) is 0 Å². The quantitative estimate of drug-likeness (QED) is 0.224. The van der Waals surface area contributed by atoms with Crippen molar-refractivity contribution in [3.8, 4) is 0 Å². The summed E-state index contributed by atoms with van der Waals surface area (Å²) in [6, 6.07) is 31.0. The molecular formula is C35H44SiTi. The molecule has 0 N–H and O–H groups in total. The van der Waals surface area contributed by atoms with Gasteiger partial charge in [0.05, 0.1) is 0 Å². The summed E-state index contributed by atoms with van der Waals surface area (Å²) in [4.78, 5) is 0. The van der Waals surface area contributed by atoms with Crippen LogP contribution in [0.4, 0.5) is 0 Å². The van der Waals surface area contributed by atoms with Crippen molar-refractivity contribution in [3.05, 3.63) is 151 Å². The van der Waals surface area contributed by atoms with E-state index in [1.165, 1.54) is 37.3 Å². The minimum Gasteiger partial charge on any atom is -0.266 e. The van der Waals surface area contributed by atoms with Crippen LogP contribution in [0, 0.1) is 32.8 Å². The van der Waals surface area contributed by atoms with Gasteiger partial charge in [0.25, 0.3) is 0 Å². The fourth-order valence-corrected chi connectivity index (χ4v) is 5.97. The maximum absolute atomic E-state index is 3.73. The van der Waals surface area contributed by atoms with Crippen LogP contribution in [0.1, 0.15) is 49.3 Å². The van der Waals surface area contributed by atoms with Gasteiger partial charge in [-0.2, -0.15) is 85.0 Å². The van der Waals surface area contributed by atoms with Crippen LogP contribution in [0.3, 0.4) is 0 Å². The molecule has 0 saturated heterocycles. The first-order chi connectivity index (χ1) is 17.2. The van der Waals surface area contributed by atoms with E-state index in [4.69, 9.17) is 0 Å². The molecule has 1 unspecified atom stereocenters. The number of rotatable bonds is 2. The Bertz CT molecular complexity index is 971. The van der Waals surface area contributed by atoms with E-state index >= 15 is 0 Å². The van der Waals surface area contributed by atoms with Crippen molar-refractivity contribution in [1.82, 2.24) is 0 Å².